The van der Waals surface area contributed by atoms with Crippen LogP contribution in [0.15, 0.2) is 24.3 Å². The maximum atomic E-state index is 12.3. The van der Waals surface area contributed by atoms with Crippen molar-refractivity contribution in [3.8, 4) is 5.75 Å². The van der Waals surface area contributed by atoms with Crippen LogP contribution < -0.4 is 10.1 Å². The molecular formula is C18H26FNO5. The van der Waals surface area contributed by atoms with Crippen molar-refractivity contribution >= 4 is 5.97 Å². The molecule has 0 bridgehead atoms. The molecule has 1 aromatic rings. The summed E-state index contributed by atoms with van der Waals surface area (Å²) < 4.78 is 33.1. The van der Waals surface area contributed by atoms with Crippen LogP contribution in [-0.2, 0) is 25.4 Å². The van der Waals surface area contributed by atoms with Crippen LogP contribution in [0, 0.1) is 0 Å². The van der Waals surface area contributed by atoms with Crippen molar-refractivity contribution in [1.82, 2.24) is 5.32 Å². The van der Waals surface area contributed by atoms with Gasteiger partial charge >= 0.3 is 5.97 Å². The molecule has 3 unspecified atom stereocenters. The molecule has 25 heavy (non-hydrogen) atoms. The van der Waals surface area contributed by atoms with Crippen molar-refractivity contribution in [2.24, 2.45) is 0 Å². The third kappa shape index (κ3) is 5.66. The predicted molar refractivity (Wildman–Crippen MR) is 89.8 cm³/mol. The fourth-order valence-electron chi connectivity index (χ4n) is 2.54. The monoisotopic (exact) mass is 355 g/mol. The average Bonchev–Trinajstić information content (AvgIpc) is 3.23. The predicted octanol–water partition coefficient (Wildman–Crippen LogP) is 2.55. The number of epoxide rings is 1. The third-order valence-corrected chi connectivity index (χ3v) is 3.72. The van der Waals surface area contributed by atoms with Gasteiger partial charge in [-0.05, 0) is 45.4 Å². The number of nitrogens with one attached hydrogen (secondary N) is 1. The maximum absolute atomic E-state index is 12.3. The molecule has 7 heteroatoms. The third-order valence-electron chi connectivity index (χ3n) is 3.72. The number of hydrogen-bond donors (Lipinski definition) is 1. The number of carbonyl (C=O) groups is 1. The van der Waals surface area contributed by atoms with Gasteiger partial charge < -0.3 is 18.9 Å². The summed E-state index contributed by atoms with van der Waals surface area (Å²) in [6, 6.07) is 6.88. The van der Waals surface area contributed by atoms with Crippen LogP contribution in [0.4, 0.5) is 4.39 Å². The molecule has 0 amide bonds. The summed E-state index contributed by atoms with van der Waals surface area (Å²) in [7, 11) is 1.34. The van der Waals surface area contributed by atoms with Gasteiger partial charge in [-0.3, -0.25) is 10.1 Å². The summed E-state index contributed by atoms with van der Waals surface area (Å²) in [6.45, 7) is 6.68. The molecule has 140 valence electrons. The Hall–Kier alpha value is -1.70. The van der Waals surface area contributed by atoms with Crippen LogP contribution in [0.1, 0.15) is 33.3 Å². The minimum atomic E-state index is -0.988. The van der Waals surface area contributed by atoms with Gasteiger partial charge in [0.1, 0.15) is 11.3 Å². The van der Waals surface area contributed by atoms with Crippen LogP contribution in [-0.4, -0.2) is 43.6 Å². The number of esters is 1. The molecule has 1 fully saturated rings. The van der Waals surface area contributed by atoms with E-state index in [1.807, 2.05) is 20.8 Å². The van der Waals surface area contributed by atoms with Crippen LogP contribution >= 0.6 is 0 Å². The van der Waals surface area contributed by atoms with Gasteiger partial charge in [0.2, 0.25) is 6.86 Å². The summed E-state index contributed by atoms with van der Waals surface area (Å²) in [5.74, 6) is 0.0322. The number of rotatable bonds is 8. The smallest absolute Gasteiger partial charge is 0.326 e. The first-order valence-electron chi connectivity index (χ1n) is 8.14. The van der Waals surface area contributed by atoms with Crippen molar-refractivity contribution in [3.05, 3.63) is 29.8 Å². The Morgan fingerprint density at radius 3 is 2.40 bits per heavy atom. The molecule has 0 spiro atoms. The lowest BCUT2D eigenvalue weighted by Crippen LogP contribution is -2.53. The van der Waals surface area contributed by atoms with E-state index in [0.29, 0.717) is 12.2 Å². The Bertz CT molecular complexity index is 586. The normalized spacial score (nSPS) is 22.2. The standard InChI is InChI=1S/C18H26FNO5/c1-17(2,3)25-15-14(24-15)20-18(4,16(21)22-5)10-12-6-8-13(9-7-12)23-11-19/h6-9,14-15,20H,10-11H2,1-5H3. The molecule has 0 aliphatic carbocycles. The zero-order chi connectivity index (χ0) is 18.7. The Kier molecular flexibility index (Phi) is 6.03. The molecule has 0 radical (unpaired) electrons. The minimum Gasteiger partial charge on any atom is -0.468 e. The zero-order valence-corrected chi connectivity index (χ0v) is 15.3. The summed E-state index contributed by atoms with van der Waals surface area (Å²) in [5.41, 5.74) is -0.451. The average molecular weight is 355 g/mol. The SMILES string of the molecule is COC(=O)C(C)(Cc1ccc(OCF)cc1)NC1OC1OC(C)(C)C. The van der Waals surface area contributed by atoms with Gasteiger partial charge in [0.25, 0.3) is 0 Å². The Morgan fingerprint density at radius 2 is 1.88 bits per heavy atom. The van der Waals surface area contributed by atoms with Crippen LogP contribution in [0.3, 0.4) is 0 Å². The van der Waals surface area contributed by atoms with E-state index in [4.69, 9.17) is 18.9 Å². The number of benzene rings is 1. The van der Waals surface area contributed by atoms with Gasteiger partial charge in [0.15, 0.2) is 12.5 Å². The van der Waals surface area contributed by atoms with Gasteiger partial charge in [-0.15, -0.1) is 0 Å². The molecule has 6 nitrogen and oxygen atoms in total. The number of alkyl halides is 1. The van der Waals surface area contributed by atoms with Crippen LogP contribution in [0.2, 0.25) is 0 Å². The largest absolute Gasteiger partial charge is 0.468 e. The van der Waals surface area contributed by atoms with Gasteiger partial charge in [-0.25, -0.2) is 4.39 Å². The van der Waals surface area contributed by atoms with E-state index in [9.17, 15) is 9.18 Å². The molecule has 2 rings (SSSR count). The van der Waals surface area contributed by atoms with Gasteiger partial charge in [0, 0.05) is 6.42 Å². The van der Waals surface area contributed by atoms with E-state index >= 15 is 0 Å². The first kappa shape index (κ1) is 19.6. The summed E-state index contributed by atoms with van der Waals surface area (Å²) in [4.78, 5) is 12.3. The number of ether oxygens (including phenoxy) is 4. The van der Waals surface area contributed by atoms with Gasteiger partial charge in [-0.1, -0.05) is 12.1 Å². The molecule has 0 saturated carbocycles. The second-order valence-corrected chi connectivity index (χ2v) is 7.20. The summed E-state index contributed by atoms with van der Waals surface area (Å²) in [6.07, 6.45) is -0.403. The topological polar surface area (TPSA) is 69.3 Å². The fourth-order valence-corrected chi connectivity index (χ4v) is 2.54. The molecule has 1 aliphatic rings. The minimum absolute atomic E-state index is 0.338. The molecule has 1 N–H and O–H groups in total. The van der Waals surface area contributed by atoms with Crippen LogP contribution in [0.25, 0.3) is 0 Å². The first-order chi connectivity index (χ1) is 11.7. The molecule has 1 aromatic carbocycles. The van der Waals surface area contributed by atoms with Gasteiger partial charge in [0.05, 0.1) is 12.7 Å². The highest BCUT2D eigenvalue weighted by atomic mass is 19.1. The highest BCUT2D eigenvalue weighted by Gasteiger charge is 2.49. The number of methoxy groups -OCH3 is 1. The highest BCUT2D eigenvalue weighted by molar-refractivity contribution is 5.80. The van der Waals surface area contributed by atoms with E-state index < -0.39 is 24.7 Å². The maximum Gasteiger partial charge on any atom is 0.326 e. The number of carbonyl (C=O) groups excluding carboxylic acids is 1. The van der Waals surface area contributed by atoms with E-state index in [1.54, 1.807) is 31.2 Å². The fraction of sp³-hybridized carbons (Fsp3) is 0.611. The Morgan fingerprint density at radius 1 is 1.24 bits per heavy atom. The van der Waals surface area contributed by atoms with Crippen LogP contribution in [0.5, 0.6) is 5.75 Å². The van der Waals surface area contributed by atoms with Crippen molar-refractivity contribution in [3.63, 3.8) is 0 Å². The van der Waals surface area contributed by atoms with Crippen molar-refractivity contribution in [1.29, 1.82) is 0 Å². The molecule has 1 saturated heterocycles. The molecule has 1 heterocycles. The molecule has 0 aromatic heterocycles. The lowest BCUT2D eigenvalue weighted by Gasteiger charge is -2.28. The Balaban J connectivity index is 2.04. The van der Waals surface area contributed by atoms with Gasteiger partial charge in [-0.2, -0.15) is 0 Å². The number of halogens is 1. The van der Waals surface area contributed by atoms with Crippen molar-refractivity contribution in [2.75, 3.05) is 14.0 Å². The second kappa shape index (κ2) is 7.68. The first-order valence-corrected chi connectivity index (χ1v) is 8.14. The molecule has 3 atom stereocenters. The zero-order valence-electron chi connectivity index (χ0n) is 15.3. The molecule has 1 aliphatic heterocycles. The Labute approximate surface area is 147 Å². The lowest BCUT2D eigenvalue weighted by molar-refractivity contribution is -0.148. The van der Waals surface area contributed by atoms with E-state index in [2.05, 4.69) is 5.32 Å². The molecular weight excluding hydrogens is 329 g/mol. The van der Waals surface area contributed by atoms with Crippen molar-refractivity contribution in [2.45, 2.75) is 57.8 Å². The number of hydrogen-bond acceptors (Lipinski definition) is 6. The quantitative estimate of drug-likeness (QED) is 0.571. The van der Waals surface area contributed by atoms with E-state index in [0.717, 1.165) is 5.56 Å². The summed E-state index contributed by atoms with van der Waals surface area (Å²) in [5, 5.41) is 3.17. The van der Waals surface area contributed by atoms with E-state index in [-0.39, 0.29) is 11.8 Å². The lowest BCUT2D eigenvalue weighted by atomic mass is 9.92. The summed E-state index contributed by atoms with van der Waals surface area (Å²) >= 11 is 0. The second-order valence-electron chi connectivity index (χ2n) is 7.20. The highest BCUT2D eigenvalue weighted by Crippen LogP contribution is 2.29. The van der Waals surface area contributed by atoms with Crippen molar-refractivity contribution < 1.29 is 28.1 Å². The van der Waals surface area contributed by atoms with E-state index in [1.165, 1.54) is 7.11 Å².